The number of nitriles is 1. The van der Waals surface area contributed by atoms with E-state index in [1.807, 2.05) is 6.92 Å². The molecule has 2 aliphatic carbocycles. The molecule has 15 heavy (non-hydrogen) atoms. The van der Waals surface area contributed by atoms with Crippen LogP contribution in [0.2, 0.25) is 0 Å². The highest BCUT2D eigenvalue weighted by Gasteiger charge is 2.34. The highest BCUT2D eigenvalue weighted by molar-refractivity contribution is 5.08. The van der Waals surface area contributed by atoms with Gasteiger partial charge in [-0.15, -0.1) is 0 Å². The number of nitrogens with zero attached hydrogens (tertiary/aromatic N) is 2. The fourth-order valence-electron chi connectivity index (χ4n) is 2.14. The van der Waals surface area contributed by atoms with Crippen LogP contribution in [-0.2, 0) is 0 Å². The molecule has 1 N–H and O–H groups in total. The van der Waals surface area contributed by atoms with Gasteiger partial charge in [0.15, 0.2) is 0 Å². The number of hydrogen-bond donors (Lipinski definition) is 1. The number of rotatable bonds is 6. The van der Waals surface area contributed by atoms with Crippen LogP contribution in [0.5, 0.6) is 0 Å². The third-order valence-electron chi connectivity index (χ3n) is 3.20. The lowest BCUT2D eigenvalue weighted by Crippen LogP contribution is -2.50. The molecule has 2 fully saturated rings. The molecule has 0 radical (unpaired) electrons. The van der Waals surface area contributed by atoms with E-state index in [4.69, 9.17) is 0 Å². The van der Waals surface area contributed by atoms with Gasteiger partial charge in [0.1, 0.15) is 5.54 Å². The predicted octanol–water partition coefficient (Wildman–Crippen LogP) is 1.36. The van der Waals surface area contributed by atoms with E-state index in [2.05, 4.69) is 23.3 Å². The number of hydrogen-bond acceptors (Lipinski definition) is 3. The summed E-state index contributed by atoms with van der Waals surface area (Å²) in [6.45, 7) is 4.02. The molecule has 0 amide bonds. The zero-order valence-corrected chi connectivity index (χ0v) is 9.79. The van der Waals surface area contributed by atoms with Crippen molar-refractivity contribution >= 4 is 0 Å². The first-order chi connectivity index (χ1) is 7.11. The first-order valence-electron chi connectivity index (χ1n) is 5.99. The van der Waals surface area contributed by atoms with Crippen molar-refractivity contribution in [3.63, 3.8) is 0 Å². The van der Waals surface area contributed by atoms with Crippen molar-refractivity contribution in [1.82, 2.24) is 10.2 Å². The minimum atomic E-state index is -0.356. The lowest BCUT2D eigenvalue weighted by Gasteiger charge is -2.29. The molecular formula is C12H21N3. The van der Waals surface area contributed by atoms with E-state index in [-0.39, 0.29) is 5.54 Å². The van der Waals surface area contributed by atoms with Crippen LogP contribution >= 0.6 is 0 Å². The summed E-state index contributed by atoms with van der Waals surface area (Å²) in [5.41, 5.74) is -0.356. The van der Waals surface area contributed by atoms with Crippen LogP contribution in [0.3, 0.4) is 0 Å². The van der Waals surface area contributed by atoms with Crippen molar-refractivity contribution in [2.75, 3.05) is 20.1 Å². The maximum absolute atomic E-state index is 9.22. The Hall–Kier alpha value is -0.590. The fraction of sp³-hybridized carbons (Fsp3) is 0.917. The molecule has 0 bridgehead atoms. The maximum Gasteiger partial charge on any atom is 0.116 e. The molecule has 84 valence electrons. The lowest BCUT2D eigenvalue weighted by atomic mass is 10.0. The summed E-state index contributed by atoms with van der Waals surface area (Å²) < 4.78 is 0. The molecule has 3 heteroatoms. The summed E-state index contributed by atoms with van der Waals surface area (Å²) in [6.07, 6.45) is 5.24. The van der Waals surface area contributed by atoms with E-state index < -0.39 is 0 Å². The molecule has 1 atom stereocenters. The molecule has 0 heterocycles. The zero-order valence-electron chi connectivity index (χ0n) is 9.79. The van der Waals surface area contributed by atoms with Crippen LogP contribution in [0.1, 0.15) is 32.6 Å². The Bertz CT molecular complexity index is 263. The number of likely N-dealkylation sites (N-methyl/N-ethyl adjacent to an activating group) is 1. The third-order valence-corrected chi connectivity index (χ3v) is 3.20. The average molecular weight is 207 g/mol. The molecular weight excluding hydrogens is 186 g/mol. The molecule has 0 aromatic carbocycles. The Balaban J connectivity index is 1.79. The molecule has 1 unspecified atom stereocenters. The molecule has 2 saturated carbocycles. The minimum absolute atomic E-state index is 0.356. The second-order valence-electron chi connectivity index (χ2n) is 5.50. The maximum atomic E-state index is 9.22. The van der Waals surface area contributed by atoms with E-state index in [0.717, 1.165) is 19.0 Å². The Kier molecular flexibility index (Phi) is 2.99. The second kappa shape index (κ2) is 4.11. The van der Waals surface area contributed by atoms with Gasteiger partial charge in [-0.2, -0.15) is 5.26 Å². The average Bonchev–Trinajstić information content (AvgIpc) is 3.00. The van der Waals surface area contributed by atoms with E-state index in [0.29, 0.717) is 6.04 Å². The van der Waals surface area contributed by atoms with E-state index >= 15 is 0 Å². The molecule has 2 aliphatic rings. The molecule has 0 aromatic heterocycles. The standard InChI is InChI=1S/C12H21N3/c1-12(8-13,14-11-5-6-11)9-15(2)7-10-3-4-10/h10-11,14H,3-7,9H2,1-2H3. The normalized spacial score (nSPS) is 24.9. The van der Waals surface area contributed by atoms with Crippen LogP contribution in [0.15, 0.2) is 0 Å². The van der Waals surface area contributed by atoms with Gasteiger partial charge in [0.2, 0.25) is 0 Å². The third kappa shape index (κ3) is 3.48. The highest BCUT2D eigenvalue weighted by Crippen LogP contribution is 2.30. The van der Waals surface area contributed by atoms with Crippen LogP contribution in [-0.4, -0.2) is 36.6 Å². The Labute approximate surface area is 92.4 Å². The van der Waals surface area contributed by atoms with Crippen molar-refractivity contribution in [2.24, 2.45) is 5.92 Å². The minimum Gasteiger partial charge on any atom is -0.303 e. The van der Waals surface area contributed by atoms with Crippen LogP contribution in [0.25, 0.3) is 0 Å². The quantitative estimate of drug-likeness (QED) is 0.715. The summed E-state index contributed by atoms with van der Waals surface area (Å²) in [4.78, 5) is 2.30. The van der Waals surface area contributed by atoms with Gasteiger partial charge in [0.25, 0.3) is 0 Å². The van der Waals surface area contributed by atoms with Crippen LogP contribution in [0.4, 0.5) is 0 Å². The van der Waals surface area contributed by atoms with Crippen LogP contribution in [0, 0.1) is 17.2 Å². The van der Waals surface area contributed by atoms with E-state index in [1.165, 1.54) is 25.7 Å². The predicted molar refractivity (Wildman–Crippen MR) is 60.4 cm³/mol. The van der Waals surface area contributed by atoms with Crippen LogP contribution < -0.4 is 5.32 Å². The first kappa shape index (κ1) is 10.9. The molecule has 0 spiro atoms. The van der Waals surface area contributed by atoms with Crippen molar-refractivity contribution in [3.8, 4) is 6.07 Å². The second-order valence-corrected chi connectivity index (χ2v) is 5.50. The summed E-state index contributed by atoms with van der Waals surface area (Å²) in [6, 6.07) is 3.02. The van der Waals surface area contributed by atoms with E-state index in [9.17, 15) is 5.26 Å². The topological polar surface area (TPSA) is 39.1 Å². The van der Waals surface area contributed by atoms with Gasteiger partial charge in [-0.3, -0.25) is 5.32 Å². The Morgan fingerprint density at radius 3 is 2.53 bits per heavy atom. The van der Waals surface area contributed by atoms with Gasteiger partial charge in [-0.25, -0.2) is 0 Å². The van der Waals surface area contributed by atoms with Crippen molar-refractivity contribution < 1.29 is 0 Å². The Morgan fingerprint density at radius 2 is 2.07 bits per heavy atom. The van der Waals surface area contributed by atoms with Gasteiger partial charge in [0.05, 0.1) is 6.07 Å². The summed E-state index contributed by atoms with van der Waals surface area (Å²) >= 11 is 0. The van der Waals surface area contributed by atoms with Gasteiger partial charge >= 0.3 is 0 Å². The molecule has 3 nitrogen and oxygen atoms in total. The van der Waals surface area contributed by atoms with Gasteiger partial charge in [-0.05, 0) is 45.6 Å². The summed E-state index contributed by atoms with van der Waals surface area (Å²) in [7, 11) is 2.13. The highest BCUT2D eigenvalue weighted by atomic mass is 15.2. The SMILES string of the molecule is CN(CC1CC1)CC(C)(C#N)NC1CC1. The molecule has 2 rings (SSSR count). The number of nitrogens with one attached hydrogen (secondary N) is 1. The van der Waals surface area contributed by atoms with Gasteiger partial charge < -0.3 is 4.90 Å². The molecule has 0 aliphatic heterocycles. The smallest absolute Gasteiger partial charge is 0.116 e. The zero-order chi connectivity index (χ0) is 10.9. The Morgan fingerprint density at radius 1 is 1.40 bits per heavy atom. The largest absolute Gasteiger partial charge is 0.303 e. The molecule has 0 aromatic rings. The lowest BCUT2D eigenvalue weighted by molar-refractivity contribution is 0.251. The fourth-order valence-corrected chi connectivity index (χ4v) is 2.14. The summed E-state index contributed by atoms with van der Waals surface area (Å²) in [5.74, 6) is 0.902. The summed E-state index contributed by atoms with van der Waals surface area (Å²) in [5, 5.41) is 12.7. The van der Waals surface area contributed by atoms with Crippen molar-refractivity contribution in [1.29, 1.82) is 5.26 Å². The van der Waals surface area contributed by atoms with Crippen molar-refractivity contribution in [3.05, 3.63) is 0 Å². The first-order valence-corrected chi connectivity index (χ1v) is 5.99. The van der Waals surface area contributed by atoms with E-state index in [1.54, 1.807) is 0 Å². The van der Waals surface area contributed by atoms with Gasteiger partial charge in [-0.1, -0.05) is 0 Å². The monoisotopic (exact) mass is 207 g/mol. The van der Waals surface area contributed by atoms with Gasteiger partial charge in [0, 0.05) is 19.1 Å². The van der Waals surface area contributed by atoms with Crippen molar-refractivity contribution in [2.45, 2.75) is 44.2 Å². The molecule has 0 saturated heterocycles.